The van der Waals surface area contributed by atoms with Crippen molar-refractivity contribution in [3.05, 3.63) is 41.0 Å². The average Bonchev–Trinajstić information content (AvgIpc) is 3.74. The number of ether oxygens (including phenoxy) is 1. The summed E-state index contributed by atoms with van der Waals surface area (Å²) >= 11 is 1.62. The highest BCUT2D eigenvalue weighted by Gasteiger charge is 2.45. The predicted octanol–water partition coefficient (Wildman–Crippen LogP) is 5.87. The van der Waals surface area contributed by atoms with E-state index >= 15 is 4.39 Å². The maximum absolute atomic E-state index is 15.0. The molecule has 0 saturated carbocycles. The molecule has 0 spiro atoms. The molecule has 6 heterocycles. The zero-order valence-electron chi connectivity index (χ0n) is 23.5. The van der Waals surface area contributed by atoms with Gasteiger partial charge < -0.3 is 20.1 Å². The fourth-order valence-electron chi connectivity index (χ4n) is 8.04. The lowest BCUT2D eigenvalue weighted by Gasteiger charge is -2.34. The molecule has 4 fully saturated rings. The van der Waals surface area contributed by atoms with Crippen LogP contribution in [0.1, 0.15) is 51.0 Å². The predicted molar refractivity (Wildman–Crippen MR) is 162 cm³/mol. The van der Waals surface area contributed by atoms with E-state index in [9.17, 15) is 5.11 Å². The molecule has 9 heteroatoms. The van der Waals surface area contributed by atoms with E-state index in [0.29, 0.717) is 36.7 Å². The first-order chi connectivity index (χ1) is 20.0. The number of hydrogen-bond donors (Lipinski definition) is 2. The molecule has 4 aliphatic rings. The monoisotopic (exact) mass is 573 g/mol. The number of fused-ring (bicyclic) bond motifs is 5. The van der Waals surface area contributed by atoms with Crippen LogP contribution in [0.25, 0.3) is 32.1 Å². The van der Waals surface area contributed by atoms with Crippen LogP contribution < -0.4 is 15.0 Å². The molecule has 0 radical (unpaired) electrons. The standard InChI is InChI=1S/C32H36FN5O2S/c1-2-23-26(33)8-5-19-13-22(39)14-24(27(19)23)25-17-41-29-28(25)35-31(40-18-32-9-3-11-38(32)12-4-10-32)36-30(29)37-15-20-6-7-21(16-37)34-20/h5,8,13-14,17,20-21,34,39H,2-4,6-7,9-12,15-16,18H2,1H3. The number of phenolic OH excluding ortho intramolecular Hbond substituents is 1. The molecule has 2 aromatic carbocycles. The van der Waals surface area contributed by atoms with Gasteiger partial charge in [0.05, 0.1) is 15.8 Å². The number of hydrogen-bond acceptors (Lipinski definition) is 8. The van der Waals surface area contributed by atoms with Gasteiger partial charge in [0.25, 0.3) is 0 Å². The van der Waals surface area contributed by atoms with E-state index in [1.165, 1.54) is 31.7 Å². The minimum Gasteiger partial charge on any atom is -0.508 e. The number of rotatable bonds is 6. The Kier molecular flexibility index (Phi) is 6.13. The molecular weight excluding hydrogens is 537 g/mol. The van der Waals surface area contributed by atoms with Gasteiger partial charge in [-0.1, -0.05) is 13.0 Å². The highest BCUT2D eigenvalue weighted by Crippen LogP contribution is 2.45. The van der Waals surface area contributed by atoms with Crippen molar-refractivity contribution in [2.45, 2.75) is 69.5 Å². The maximum atomic E-state index is 15.0. The van der Waals surface area contributed by atoms with E-state index in [4.69, 9.17) is 14.7 Å². The second-order valence-corrected chi connectivity index (χ2v) is 13.3. The molecule has 2 atom stereocenters. The van der Waals surface area contributed by atoms with Crippen molar-refractivity contribution in [3.8, 4) is 22.9 Å². The quantitative estimate of drug-likeness (QED) is 0.299. The van der Waals surface area contributed by atoms with E-state index in [-0.39, 0.29) is 17.1 Å². The number of anilines is 1. The number of aromatic hydroxyl groups is 1. The lowest BCUT2D eigenvalue weighted by Crippen LogP contribution is -2.51. The number of phenols is 1. The number of aryl methyl sites for hydroxylation is 1. The summed E-state index contributed by atoms with van der Waals surface area (Å²) in [5.74, 6) is 0.865. The zero-order chi connectivity index (χ0) is 27.7. The van der Waals surface area contributed by atoms with Gasteiger partial charge in [-0.25, -0.2) is 4.39 Å². The highest BCUT2D eigenvalue weighted by molar-refractivity contribution is 7.18. The minimum atomic E-state index is -0.223. The Hall–Kier alpha value is -3.01. The Morgan fingerprint density at radius 1 is 1.10 bits per heavy atom. The molecule has 2 bridgehead atoms. The molecule has 4 aliphatic heterocycles. The van der Waals surface area contributed by atoms with Crippen molar-refractivity contribution >= 4 is 38.1 Å². The summed E-state index contributed by atoms with van der Waals surface area (Å²) in [6.07, 6.45) is 7.68. The highest BCUT2D eigenvalue weighted by atomic mass is 32.1. The first-order valence-corrected chi connectivity index (χ1v) is 16.0. The van der Waals surface area contributed by atoms with Crippen molar-refractivity contribution in [2.24, 2.45) is 0 Å². The Balaban J connectivity index is 1.28. The van der Waals surface area contributed by atoms with Gasteiger partial charge in [0.1, 0.15) is 18.2 Å². The summed E-state index contributed by atoms with van der Waals surface area (Å²) in [6.45, 7) is 6.69. The van der Waals surface area contributed by atoms with Crippen LogP contribution in [0.15, 0.2) is 29.6 Å². The van der Waals surface area contributed by atoms with Crippen LogP contribution in [0.2, 0.25) is 0 Å². The van der Waals surface area contributed by atoms with Crippen LogP contribution in [0.3, 0.4) is 0 Å². The molecule has 4 aromatic rings. The number of benzene rings is 2. The van der Waals surface area contributed by atoms with Gasteiger partial charge in [0, 0.05) is 36.1 Å². The summed E-state index contributed by atoms with van der Waals surface area (Å²) < 4.78 is 22.6. The molecule has 0 aliphatic carbocycles. The van der Waals surface area contributed by atoms with Crippen molar-refractivity contribution in [1.82, 2.24) is 20.2 Å². The fourth-order valence-corrected chi connectivity index (χ4v) is 9.06. The molecule has 0 amide bonds. The molecule has 214 valence electrons. The summed E-state index contributed by atoms with van der Waals surface area (Å²) in [5, 5.41) is 18.2. The van der Waals surface area contributed by atoms with Crippen molar-refractivity contribution in [1.29, 1.82) is 0 Å². The topological polar surface area (TPSA) is 73.8 Å². The molecule has 4 saturated heterocycles. The lowest BCUT2D eigenvalue weighted by molar-refractivity contribution is 0.108. The Bertz CT molecular complexity index is 1630. The van der Waals surface area contributed by atoms with E-state index in [1.54, 1.807) is 29.5 Å². The molecule has 2 aromatic heterocycles. The van der Waals surface area contributed by atoms with Crippen LogP contribution >= 0.6 is 11.3 Å². The number of piperazine rings is 1. The third-order valence-corrected chi connectivity index (χ3v) is 10.9. The Labute approximate surface area is 243 Å². The second kappa shape index (κ2) is 9.78. The molecule has 2 unspecified atom stereocenters. The molecule has 7 nitrogen and oxygen atoms in total. The minimum absolute atomic E-state index is 0.0963. The number of aromatic nitrogens is 2. The average molecular weight is 574 g/mol. The van der Waals surface area contributed by atoms with E-state index < -0.39 is 0 Å². The van der Waals surface area contributed by atoms with E-state index in [1.807, 2.05) is 6.92 Å². The van der Waals surface area contributed by atoms with Crippen LogP contribution in [0.5, 0.6) is 11.8 Å². The van der Waals surface area contributed by atoms with Crippen LogP contribution in [0, 0.1) is 5.82 Å². The SMILES string of the molecule is CCc1c(F)ccc2cc(O)cc(-c3csc4c(N5CC6CCC(C5)N6)nc(OCC56CCCN5CCC6)nc34)c12. The smallest absolute Gasteiger partial charge is 0.319 e. The number of thiophene rings is 1. The zero-order valence-corrected chi connectivity index (χ0v) is 24.3. The summed E-state index contributed by atoms with van der Waals surface area (Å²) in [5.41, 5.74) is 3.25. The van der Waals surface area contributed by atoms with Gasteiger partial charge in [-0.2, -0.15) is 9.97 Å². The van der Waals surface area contributed by atoms with Gasteiger partial charge in [-0.15, -0.1) is 11.3 Å². The third-order valence-electron chi connectivity index (χ3n) is 9.97. The van der Waals surface area contributed by atoms with Gasteiger partial charge in [-0.3, -0.25) is 4.90 Å². The van der Waals surface area contributed by atoms with Crippen molar-refractivity contribution in [3.63, 3.8) is 0 Å². The summed E-state index contributed by atoms with van der Waals surface area (Å²) in [7, 11) is 0. The van der Waals surface area contributed by atoms with Crippen LogP contribution in [-0.2, 0) is 6.42 Å². The number of nitrogens with one attached hydrogen (secondary N) is 1. The summed E-state index contributed by atoms with van der Waals surface area (Å²) in [6, 6.07) is 8.07. The third kappa shape index (κ3) is 4.19. The van der Waals surface area contributed by atoms with Gasteiger partial charge in [0.15, 0.2) is 5.82 Å². The number of halogens is 1. The molecule has 2 N–H and O–H groups in total. The van der Waals surface area contributed by atoms with E-state index in [0.717, 1.165) is 77.0 Å². The lowest BCUT2D eigenvalue weighted by atomic mass is 9.93. The second-order valence-electron chi connectivity index (χ2n) is 12.4. The van der Waals surface area contributed by atoms with Crippen molar-refractivity contribution < 1.29 is 14.2 Å². The summed E-state index contributed by atoms with van der Waals surface area (Å²) in [4.78, 5) is 15.1. The Morgan fingerprint density at radius 2 is 1.88 bits per heavy atom. The molecule has 8 rings (SSSR count). The number of nitrogens with zero attached hydrogens (tertiary/aromatic N) is 4. The first-order valence-electron chi connectivity index (χ1n) is 15.1. The normalized spacial score (nSPS) is 23.6. The first kappa shape index (κ1) is 25.7. The van der Waals surface area contributed by atoms with Crippen molar-refractivity contribution in [2.75, 3.05) is 37.7 Å². The molecular formula is C32H36FN5O2S. The van der Waals surface area contributed by atoms with Gasteiger partial charge in [0.2, 0.25) is 0 Å². The maximum Gasteiger partial charge on any atom is 0.319 e. The van der Waals surface area contributed by atoms with E-state index in [2.05, 4.69) is 20.5 Å². The van der Waals surface area contributed by atoms with Crippen LogP contribution in [-0.4, -0.2) is 70.4 Å². The van der Waals surface area contributed by atoms with Gasteiger partial charge in [-0.05, 0) is 98.1 Å². The molecule has 41 heavy (non-hydrogen) atoms. The van der Waals surface area contributed by atoms with Gasteiger partial charge >= 0.3 is 6.01 Å². The fraction of sp³-hybridized carbons (Fsp3) is 0.500. The Morgan fingerprint density at radius 3 is 2.63 bits per heavy atom. The van der Waals surface area contributed by atoms with Crippen LogP contribution in [0.4, 0.5) is 10.2 Å². The largest absolute Gasteiger partial charge is 0.508 e.